The van der Waals surface area contributed by atoms with Crippen molar-refractivity contribution in [2.75, 3.05) is 13.6 Å². The van der Waals surface area contributed by atoms with Gasteiger partial charge in [0.05, 0.1) is 11.6 Å². The molecule has 5 nitrogen and oxygen atoms in total. The van der Waals surface area contributed by atoms with Crippen LogP contribution in [0, 0.1) is 6.92 Å². The summed E-state index contributed by atoms with van der Waals surface area (Å²) in [5, 5.41) is 4.08. The number of nitrogens with zero attached hydrogens (tertiary/aromatic N) is 1. The highest BCUT2D eigenvalue weighted by molar-refractivity contribution is 6.35. The molecule has 0 unspecified atom stereocenters. The Kier molecular flexibility index (Phi) is 4.71. The molecule has 0 aliphatic rings. The monoisotopic (exact) mass is 336 g/mol. The number of carbonyl (C=O) groups excluding carboxylic acids is 2. The Labute approximate surface area is 140 Å². The smallest absolute Gasteiger partial charge is 0.290 e. The zero-order valence-corrected chi connectivity index (χ0v) is 14.7. The van der Waals surface area contributed by atoms with E-state index < -0.39 is 0 Å². The summed E-state index contributed by atoms with van der Waals surface area (Å²) in [5.41, 5.74) is 0.863. The van der Waals surface area contributed by atoms with Gasteiger partial charge in [0, 0.05) is 23.5 Å². The Hall–Kier alpha value is -2.01. The SMILES string of the molecule is Cc1c(C(=O)N(C)CC(=O)NC(C)(C)C)oc2c(Cl)cccc12. The Morgan fingerprint density at radius 3 is 2.52 bits per heavy atom. The second-order valence-corrected chi connectivity index (χ2v) is 7.04. The maximum atomic E-state index is 12.6. The van der Waals surface area contributed by atoms with Crippen molar-refractivity contribution in [2.45, 2.75) is 33.2 Å². The standard InChI is InChI=1S/C17H21ClN2O3/c1-10-11-7-6-8-12(18)15(11)23-14(10)16(22)20(5)9-13(21)19-17(2,3)4/h6-8H,9H2,1-5H3,(H,19,21). The highest BCUT2D eigenvalue weighted by Gasteiger charge is 2.24. The van der Waals surface area contributed by atoms with Gasteiger partial charge in [-0.2, -0.15) is 0 Å². The van der Waals surface area contributed by atoms with Gasteiger partial charge < -0.3 is 14.6 Å². The van der Waals surface area contributed by atoms with E-state index in [1.165, 1.54) is 4.90 Å². The van der Waals surface area contributed by atoms with Gasteiger partial charge in [-0.1, -0.05) is 23.7 Å². The number of rotatable bonds is 3. The van der Waals surface area contributed by atoms with Crippen LogP contribution in [0.3, 0.4) is 0 Å². The number of benzene rings is 1. The van der Waals surface area contributed by atoms with Crippen molar-refractivity contribution < 1.29 is 14.0 Å². The number of furan rings is 1. The Balaban J connectivity index is 2.22. The topological polar surface area (TPSA) is 62.6 Å². The van der Waals surface area contributed by atoms with Crippen LogP contribution >= 0.6 is 11.6 Å². The molecule has 2 rings (SSSR count). The van der Waals surface area contributed by atoms with Crippen molar-refractivity contribution >= 4 is 34.4 Å². The zero-order chi connectivity index (χ0) is 17.4. The number of fused-ring (bicyclic) bond motifs is 1. The third kappa shape index (κ3) is 3.85. The summed E-state index contributed by atoms with van der Waals surface area (Å²) >= 11 is 6.10. The summed E-state index contributed by atoms with van der Waals surface area (Å²) < 4.78 is 5.64. The van der Waals surface area contributed by atoms with Gasteiger partial charge in [-0.25, -0.2) is 0 Å². The van der Waals surface area contributed by atoms with E-state index >= 15 is 0 Å². The van der Waals surface area contributed by atoms with Crippen molar-refractivity contribution in [3.63, 3.8) is 0 Å². The second-order valence-electron chi connectivity index (χ2n) is 6.63. The maximum absolute atomic E-state index is 12.6. The number of likely N-dealkylation sites (N-methyl/N-ethyl adjacent to an activating group) is 1. The van der Waals surface area contributed by atoms with Crippen molar-refractivity contribution in [2.24, 2.45) is 0 Å². The molecular formula is C17H21ClN2O3. The molecule has 1 N–H and O–H groups in total. The number of halogens is 1. The molecule has 2 amide bonds. The average Bonchev–Trinajstić information content (AvgIpc) is 2.75. The summed E-state index contributed by atoms with van der Waals surface area (Å²) in [5.74, 6) is -0.363. The Bertz CT molecular complexity index is 759. The number of hydrogen-bond acceptors (Lipinski definition) is 3. The van der Waals surface area contributed by atoms with Gasteiger partial charge in [0.1, 0.15) is 0 Å². The van der Waals surface area contributed by atoms with Gasteiger partial charge >= 0.3 is 0 Å². The van der Waals surface area contributed by atoms with Crippen molar-refractivity contribution in [3.8, 4) is 0 Å². The lowest BCUT2D eigenvalue weighted by Crippen LogP contribution is -2.46. The molecule has 1 aromatic carbocycles. The van der Waals surface area contributed by atoms with Crippen LogP contribution in [0.2, 0.25) is 5.02 Å². The quantitative estimate of drug-likeness (QED) is 0.934. The molecule has 0 atom stereocenters. The van der Waals surface area contributed by atoms with E-state index in [4.69, 9.17) is 16.0 Å². The molecule has 0 radical (unpaired) electrons. The summed E-state index contributed by atoms with van der Waals surface area (Å²) in [6.07, 6.45) is 0. The van der Waals surface area contributed by atoms with Crippen molar-refractivity contribution in [3.05, 3.63) is 34.5 Å². The number of aryl methyl sites for hydroxylation is 1. The molecule has 0 aliphatic heterocycles. The van der Waals surface area contributed by atoms with E-state index in [2.05, 4.69) is 5.32 Å². The van der Waals surface area contributed by atoms with E-state index in [1.807, 2.05) is 32.9 Å². The average molecular weight is 337 g/mol. The van der Waals surface area contributed by atoms with E-state index in [1.54, 1.807) is 20.0 Å². The van der Waals surface area contributed by atoms with Crippen molar-refractivity contribution in [1.29, 1.82) is 0 Å². The summed E-state index contributed by atoms with van der Waals surface area (Å²) in [6.45, 7) is 7.42. The number of amides is 2. The van der Waals surface area contributed by atoms with Gasteiger partial charge in [-0.15, -0.1) is 0 Å². The van der Waals surface area contributed by atoms with Crippen LogP contribution in [-0.2, 0) is 4.79 Å². The fourth-order valence-electron chi connectivity index (χ4n) is 2.33. The van der Waals surface area contributed by atoms with Crippen molar-refractivity contribution in [1.82, 2.24) is 10.2 Å². The van der Waals surface area contributed by atoms with E-state index in [0.717, 1.165) is 10.9 Å². The van der Waals surface area contributed by atoms with Gasteiger partial charge in [-0.3, -0.25) is 9.59 Å². The van der Waals surface area contributed by atoms with Crippen LogP contribution in [0.5, 0.6) is 0 Å². The van der Waals surface area contributed by atoms with Gasteiger partial charge in [0.15, 0.2) is 11.3 Å². The number of para-hydroxylation sites is 1. The molecule has 23 heavy (non-hydrogen) atoms. The third-order valence-electron chi connectivity index (χ3n) is 3.35. The minimum atomic E-state index is -0.348. The normalized spacial score (nSPS) is 11.6. The number of nitrogens with one attached hydrogen (secondary N) is 1. The van der Waals surface area contributed by atoms with Crippen LogP contribution in [0.1, 0.15) is 36.9 Å². The molecule has 0 bridgehead atoms. The van der Waals surface area contributed by atoms with E-state index in [-0.39, 0.29) is 29.7 Å². The van der Waals surface area contributed by atoms with Crippen LogP contribution in [-0.4, -0.2) is 35.8 Å². The number of carbonyl (C=O) groups is 2. The Morgan fingerprint density at radius 1 is 1.30 bits per heavy atom. The predicted octanol–water partition coefficient (Wildman–Crippen LogP) is 3.38. The first kappa shape index (κ1) is 17.3. The summed E-state index contributed by atoms with van der Waals surface area (Å²) in [6, 6.07) is 5.37. The minimum absolute atomic E-state index is 0.0413. The van der Waals surface area contributed by atoms with Crippen LogP contribution in [0.4, 0.5) is 0 Å². The van der Waals surface area contributed by atoms with Crippen LogP contribution < -0.4 is 5.32 Å². The maximum Gasteiger partial charge on any atom is 0.290 e. The molecule has 6 heteroatoms. The molecular weight excluding hydrogens is 316 g/mol. The largest absolute Gasteiger partial charge is 0.449 e. The van der Waals surface area contributed by atoms with Crippen LogP contribution in [0.25, 0.3) is 11.0 Å². The fraction of sp³-hybridized carbons (Fsp3) is 0.412. The molecule has 124 valence electrons. The third-order valence-corrected chi connectivity index (χ3v) is 3.65. The first-order valence-electron chi connectivity index (χ1n) is 7.34. The van der Waals surface area contributed by atoms with Gasteiger partial charge in [0.25, 0.3) is 5.91 Å². The van der Waals surface area contributed by atoms with Gasteiger partial charge in [0.2, 0.25) is 5.91 Å². The van der Waals surface area contributed by atoms with Crippen LogP contribution in [0.15, 0.2) is 22.6 Å². The molecule has 0 aliphatic carbocycles. The highest BCUT2D eigenvalue weighted by Crippen LogP contribution is 2.31. The second kappa shape index (κ2) is 6.24. The summed E-state index contributed by atoms with van der Waals surface area (Å²) in [7, 11) is 1.57. The molecule has 0 saturated heterocycles. The lowest BCUT2D eigenvalue weighted by molar-refractivity contribution is -0.122. The number of hydrogen-bond donors (Lipinski definition) is 1. The van der Waals surface area contributed by atoms with E-state index in [9.17, 15) is 9.59 Å². The first-order valence-corrected chi connectivity index (χ1v) is 7.72. The first-order chi connectivity index (χ1) is 10.6. The van der Waals surface area contributed by atoms with Gasteiger partial charge in [-0.05, 0) is 33.8 Å². The minimum Gasteiger partial charge on any atom is -0.449 e. The molecule has 0 spiro atoms. The molecule has 1 heterocycles. The van der Waals surface area contributed by atoms with E-state index in [0.29, 0.717) is 10.6 Å². The fourth-order valence-corrected chi connectivity index (χ4v) is 2.54. The summed E-state index contributed by atoms with van der Waals surface area (Å²) in [4.78, 5) is 25.8. The highest BCUT2D eigenvalue weighted by atomic mass is 35.5. The lowest BCUT2D eigenvalue weighted by Gasteiger charge is -2.23. The predicted molar refractivity (Wildman–Crippen MR) is 90.8 cm³/mol. The molecule has 1 aromatic heterocycles. The lowest BCUT2D eigenvalue weighted by atomic mass is 10.1. The Morgan fingerprint density at radius 2 is 1.96 bits per heavy atom. The molecule has 2 aromatic rings. The molecule has 0 saturated carbocycles. The zero-order valence-electron chi connectivity index (χ0n) is 14.0. The molecule has 0 fully saturated rings.